The van der Waals surface area contributed by atoms with Crippen molar-refractivity contribution in [2.24, 2.45) is 0 Å². The zero-order valence-corrected chi connectivity index (χ0v) is 17.8. The van der Waals surface area contributed by atoms with Crippen molar-refractivity contribution < 1.29 is 17.9 Å². The van der Waals surface area contributed by atoms with E-state index in [1.54, 1.807) is 43.5 Å². The van der Waals surface area contributed by atoms with E-state index in [4.69, 9.17) is 4.74 Å². The predicted octanol–water partition coefficient (Wildman–Crippen LogP) is 2.67. The molecule has 0 unspecified atom stereocenters. The quantitative estimate of drug-likeness (QED) is 0.632. The van der Waals surface area contributed by atoms with Gasteiger partial charge in [0.1, 0.15) is 11.3 Å². The van der Waals surface area contributed by atoms with Crippen molar-refractivity contribution in [3.63, 3.8) is 0 Å². The predicted molar refractivity (Wildman–Crippen MR) is 114 cm³/mol. The average Bonchev–Trinajstić information content (AvgIpc) is 3.17. The lowest BCUT2D eigenvalue weighted by Gasteiger charge is -2.34. The average molecular weight is 432 g/mol. The number of nitrogens with zero attached hydrogens (tertiary/aromatic N) is 3. The number of para-hydroxylation sites is 1. The Labute approximate surface area is 173 Å². The summed E-state index contributed by atoms with van der Waals surface area (Å²) in [5.41, 5.74) is 1.16. The Balaban J connectivity index is 1.49. The minimum Gasteiger partial charge on any atom is -0.497 e. The van der Waals surface area contributed by atoms with Crippen LogP contribution < -0.4 is 9.64 Å². The zero-order valence-electron chi connectivity index (χ0n) is 16.2. The molecule has 0 radical (unpaired) electrons. The van der Waals surface area contributed by atoms with Crippen LogP contribution in [-0.4, -0.2) is 63.8 Å². The summed E-state index contributed by atoms with van der Waals surface area (Å²) in [4.78, 5) is 21.5. The maximum Gasteiger partial charge on any atom is 0.253 e. The molecule has 0 atom stereocenters. The van der Waals surface area contributed by atoms with E-state index in [2.05, 4.69) is 9.88 Å². The Kier molecular flexibility index (Phi) is 5.18. The summed E-state index contributed by atoms with van der Waals surface area (Å²) in [7, 11) is -1.74. The van der Waals surface area contributed by atoms with E-state index in [9.17, 15) is 13.2 Å². The number of rotatable bonds is 4. The first kappa shape index (κ1) is 19.7. The SMILES string of the molecule is COc1ccc(C(=O)N2CCN(c3nc4c(S(C)(=O)=O)cccc4s3)CC2)cc1. The maximum atomic E-state index is 12.7. The van der Waals surface area contributed by atoms with E-state index in [0.717, 1.165) is 15.6 Å². The minimum absolute atomic E-state index is 0.00374. The lowest BCUT2D eigenvalue weighted by Crippen LogP contribution is -2.48. The van der Waals surface area contributed by atoms with Gasteiger partial charge in [0.05, 0.1) is 16.7 Å². The van der Waals surface area contributed by atoms with Gasteiger partial charge in [-0.1, -0.05) is 17.4 Å². The highest BCUT2D eigenvalue weighted by molar-refractivity contribution is 7.91. The number of methoxy groups -OCH3 is 1. The highest BCUT2D eigenvalue weighted by atomic mass is 32.2. The topological polar surface area (TPSA) is 79.8 Å². The monoisotopic (exact) mass is 431 g/mol. The fourth-order valence-corrected chi connectivity index (χ4v) is 5.30. The number of carbonyl (C=O) groups is 1. The van der Waals surface area contributed by atoms with Crippen molar-refractivity contribution >= 4 is 42.4 Å². The first-order chi connectivity index (χ1) is 13.9. The second-order valence-corrected chi connectivity index (χ2v) is 9.87. The molecule has 1 fully saturated rings. The Morgan fingerprint density at radius 2 is 1.76 bits per heavy atom. The molecule has 1 aliphatic rings. The fourth-order valence-electron chi connectivity index (χ4n) is 3.36. The van der Waals surface area contributed by atoms with Gasteiger partial charge in [-0.15, -0.1) is 0 Å². The summed E-state index contributed by atoms with van der Waals surface area (Å²) in [5.74, 6) is 0.714. The van der Waals surface area contributed by atoms with Crippen LogP contribution >= 0.6 is 11.3 Å². The van der Waals surface area contributed by atoms with Gasteiger partial charge in [-0.3, -0.25) is 4.79 Å². The Hall–Kier alpha value is -2.65. The van der Waals surface area contributed by atoms with Crippen LogP contribution in [0.4, 0.5) is 5.13 Å². The van der Waals surface area contributed by atoms with Crippen LogP contribution in [0.1, 0.15) is 10.4 Å². The number of benzene rings is 2. The van der Waals surface area contributed by atoms with Crippen LogP contribution in [-0.2, 0) is 9.84 Å². The number of ether oxygens (including phenoxy) is 1. The largest absolute Gasteiger partial charge is 0.497 e. The smallest absolute Gasteiger partial charge is 0.253 e. The van der Waals surface area contributed by atoms with Gasteiger partial charge in [-0.2, -0.15) is 0 Å². The van der Waals surface area contributed by atoms with E-state index in [1.165, 1.54) is 17.6 Å². The van der Waals surface area contributed by atoms with E-state index in [-0.39, 0.29) is 10.8 Å². The third-order valence-electron chi connectivity index (χ3n) is 4.94. The first-order valence-corrected chi connectivity index (χ1v) is 11.9. The fraction of sp³-hybridized carbons (Fsp3) is 0.300. The Bertz CT molecular complexity index is 1150. The lowest BCUT2D eigenvalue weighted by molar-refractivity contribution is 0.0746. The molecule has 1 saturated heterocycles. The number of fused-ring (bicyclic) bond motifs is 1. The van der Waals surface area contributed by atoms with Gasteiger partial charge in [0.15, 0.2) is 15.0 Å². The van der Waals surface area contributed by atoms with Gasteiger partial charge >= 0.3 is 0 Å². The molecule has 0 saturated carbocycles. The van der Waals surface area contributed by atoms with Crippen molar-refractivity contribution in [2.75, 3.05) is 44.4 Å². The molecule has 29 heavy (non-hydrogen) atoms. The van der Waals surface area contributed by atoms with Crippen LogP contribution in [0.15, 0.2) is 47.4 Å². The summed E-state index contributed by atoms with van der Waals surface area (Å²) in [5, 5.41) is 0.785. The first-order valence-electron chi connectivity index (χ1n) is 9.15. The lowest BCUT2D eigenvalue weighted by atomic mass is 10.1. The maximum absolute atomic E-state index is 12.7. The molecule has 0 spiro atoms. The molecule has 0 bridgehead atoms. The van der Waals surface area contributed by atoms with Gasteiger partial charge < -0.3 is 14.5 Å². The number of anilines is 1. The van der Waals surface area contributed by atoms with Gasteiger partial charge in [0, 0.05) is 38.0 Å². The summed E-state index contributed by atoms with van der Waals surface area (Å²) >= 11 is 1.48. The highest BCUT2D eigenvalue weighted by Gasteiger charge is 2.25. The number of thiazole rings is 1. The number of hydrogen-bond donors (Lipinski definition) is 0. The molecule has 7 nitrogen and oxygen atoms in total. The third-order valence-corrected chi connectivity index (χ3v) is 7.15. The van der Waals surface area contributed by atoms with Gasteiger partial charge in [-0.05, 0) is 36.4 Å². The van der Waals surface area contributed by atoms with Crippen LogP contribution in [0, 0.1) is 0 Å². The number of piperazine rings is 1. The number of sulfone groups is 1. The molecule has 0 aliphatic carbocycles. The van der Waals surface area contributed by atoms with Crippen molar-refractivity contribution in [3.05, 3.63) is 48.0 Å². The van der Waals surface area contributed by atoms with Crippen molar-refractivity contribution in [1.29, 1.82) is 0 Å². The van der Waals surface area contributed by atoms with Crippen molar-refractivity contribution in [1.82, 2.24) is 9.88 Å². The van der Waals surface area contributed by atoms with Crippen LogP contribution in [0.5, 0.6) is 5.75 Å². The van der Waals surface area contributed by atoms with E-state index < -0.39 is 9.84 Å². The molecule has 3 aromatic rings. The highest BCUT2D eigenvalue weighted by Crippen LogP contribution is 2.33. The van der Waals surface area contributed by atoms with Gasteiger partial charge in [0.2, 0.25) is 0 Å². The molecule has 1 amide bonds. The second kappa shape index (κ2) is 7.64. The van der Waals surface area contributed by atoms with Gasteiger partial charge in [0.25, 0.3) is 5.91 Å². The Morgan fingerprint density at radius 3 is 2.38 bits per heavy atom. The number of carbonyl (C=O) groups excluding carboxylic acids is 1. The molecular weight excluding hydrogens is 410 g/mol. The molecule has 4 rings (SSSR count). The summed E-state index contributed by atoms with van der Waals surface area (Å²) in [6.45, 7) is 2.46. The summed E-state index contributed by atoms with van der Waals surface area (Å²) in [6, 6.07) is 12.3. The van der Waals surface area contributed by atoms with Crippen LogP contribution in [0.25, 0.3) is 10.2 Å². The molecule has 1 aromatic heterocycles. The summed E-state index contributed by atoms with van der Waals surface area (Å²) < 4.78 is 30.0. The molecule has 9 heteroatoms. The van der Waals surface area contributed by atoms with Crippen molar-refractivity contribution in [3.8, 4) is 5.75 Å². The molecule has 152 valence electrons. The van der Waals surface area contributed by atoms with E-state index in [0.29, 0.717) is 37.3 Å². The second-order valence-electron chi connectivity index (χ2n) is 6.88. The standard InChI is InChI=1S/C20H21N3O4S2/c1-27-15-8-6-14(7-9-15)19(24)22-10-12-23(13-11-22)20-21-18-16(28-20)4-3-5-17(18)29(2,25)26/h3-9H,10-13H2,1-2H3. The van der Waals surface area contributed by atoms with E-state index >= 15 is 0 Å². The normalized spacial score (nSPS) is 15.0. The molecule has 2 aromatic carbocycles. The molecule has 0 N–H and O–H groups in total. The number of aromatic nitrogens is 1. The van der Waals surface area contributed by atoms with Crippen molar-refractivity contribution in [2.45, 2.75) is 4.90 Å². The number of hydrogen-bond acceptors (Lipinski definition) is 7. The van der Waals surface area contributed by atoms with Crippen LogP contribution in [0.2, 0.25) is 0 Å². The molecule has 2 heterocycles. The Morgan fingerprint density at radius 1 is 1.07 bits per heavy atom. The van der Waals surface area contributed by atoms with Crippen LogP contribution in [0.3, 0.4) is 0 Å². The minimum atomic E-state index is -3.34. The molecule has 1 aliphatic heterocycles. The molecular formula is C20H21N3O4S2. The van der Waals surface area contributed by atoms with Gasteiger partial charge in [-0.25, -0.2) is 13.4 Å². The summed E-state index contributed by atoms with van der Waals surface area (Å²) in [6.07, 6.45) is 1.20. The third kappa shape index (κ3) is 3.92. The number of amides is 1. The zero-order chi connectivity index (χ0) is 20.6. The van der Waals surface area contributed by atoms with E-state index in [1.807, 2.05) is 11.0 Å².